The number of fused-ring (bicyclic) bond motifs is 1. The van der Waals surface area contributed by atoms with E-state index < -0.39 is 0 Å². The Morgan fingerprint density at radius 2 is 1.80 bits per heavy atom. The van der Waals surface area contributed by atoms with E-state index in [4.69, 9.17) is 0 Å². The van der Waals surface area contributed by atoms with E-state index in [9.17, 15) is 0 Å². The monoisotopic (exact) mass is 265 g/mol. The number of benzene rings is 1. The highest BCUT2D eigenvalue weighted by Crippen LogP contribution is 2.33. The Bertz CT molecular complexity index is 593. The Labute approximate surface area is 119 Å². The van der Waals surface area contributed by atoms with Crippen molar-refractivity contribution in [1.82, 2.24) is 9.88 Å². The zero-order chi connectivity index (χ0) is 13.5. The fraction of sp³-hybridized carbons (Fsp3) is 0.353. The standard InChI is InChI=1S/C17H19N3/c1-19-10-15-11-20(12-16(15)19)17-8-7-14(9-18-17)13-5-3-2-4-6-13/h2-9,15-16H,10-12H2,1H3/t15-,16+/m0/s1. The van der Waals surface area contributed by atoms with E-state index in [0.29, 0.717) is 0 Å². The Morgan fingerprint density at radius 3 is 2.45 bits per heavy atom. The van der Waals surface area contributed by atoms with Crippen molar-refractivity contribution in [3.05, 3.63) is 48.7 Å². The van der Waals surface area contributed by atoms with Gasteiger partial charge in [0.25, 0.3) is 0 Å². The summed E-state index contributed by atoms with van der Waals surface area (Å²) in [7, 11) is 2.22. The summed E-state index contributed by atoms with van der Waals surface area (Å²) < 4.78 is 0. The van der Waals surface area contributed by atoms with Gasteiger partial charge in [0, 0.05) is 43.4 Å². The number of likely N-dealkylation sites (N-methyl/N-ethyl adjacent to an activating group) is 1. The molecular weight excluding hydrogens is 246 g/mol. The van der Waals surface area contributed by atoms with Crippen LogP contribution in [0.1, 0.15) is 0 Å². The molecular formula is C17H19N3. The molecule has 2 aromatic rings. The van der Waals surface area contributed by atoms with Crippen LogP contribution in [0.3, 0.4) is 0 Å². The highest BCUT2D eigenvalue weighted by atomic mass is 15.3. The number of hydrogen-bond acceptors (Lipinski definition) is 3. The Balaban J connectivity index is 1.54. The third-order valence-corrected chi connectivity index (χ3v) is 4.67. The molecule has 3 heterocycles. The average molecular weight is 265 g/mol. The lowest BCUT2D eigenvalue weighted by Gasteiger charge is -2.40. The van der Waals surface area contributed by atoms with Crippen molar-refractivity contribution in [1.29, 1.82) is 0 Å². The van der Waals surface area contributed by atoms with Crippen LogP contribution in [0.4, 0.5) is 5.82 Å². The first-order valence-corrected chi connectivity index (χ1v) is 7.28. The number of anilines is 1. The van der Waals surface area contributed by atoms with Crippen molar-refractivity contribution in [2.45, 2.75) is 6.04 Å². The van der Waals surface area contributed by atoms with Gasteiger partial charge in [0.15, 0.2) is 0 Å². The van der Waals surface area contributed by atoms with Crippen LogP contribution in [0, 0.1) is 5.92 Å². The first-order chi connectivity index (χ1) is 9.81. The summed E-state index contributed by atoms with van der Waals surface area (Å²) in [5.74, 6) is 1.96. The average Bonchev–Trinajstić information content (AvgIpc) is 2.86. The molecule has 2 aliphatic rings. The molecule has 0 aliphatic carbocycles. The van der Waals surface area contributed by atoms with E-state index in [1.165, 1.54) is 17.7 Å². The minimum Gasteiger partial charge on any atom is -0.355 e. The summed E-state index contributed by atoms with van der Waals surface area (Å²) in [6.07, 6.45) is 1.99. The number of likely N-dealkylation sites (tertiary alicyclic amines) is 1. The number of aromatic nitrogens is 1. The van der Waals surface area contributed by atoms with Gasteiger partial charge in [-0.1, -0.05) is 30.3 Å². The van der Waals surface area contributed by atoms with Gasteiger partial charge >= 0.3 is 0 Å². The summed E-state index contributed by atoms with van der Waals surface area (Å²) in [5.41, 5.74) is 2.42. The molecule has 4 rings (SSSR count). The molecule has 1 aromatic carbocycles. The van der Waals surface area contributed by atoms with Crippen molar-refractivity contribution in [2.75, 3.05) is 31.6 Å². The van der Waals surface area contributed by atoms with Crippen molar-refractivity contribution < 1.29 is 0 Å². The van der Waals surface area contributed by atoms with Crippen LogP contribution >= 0.6 is 0 Å². The maximum atomic E-state index is 4.67. The van der Waals surface area contributed by atoms with E-state index in [-0.39, 0.29) is 0 Å². The van der Waals surface area contributed by atoms with Crippen molar-refractivity contribution in [2.24, 2.45) is 5.92 Å². The molecule has 2 atom stereocenters. The van der Waals surface area contributed by atoms with Crippen LogP contribution in [0.2, 0.25) is 0 Å². The molecule has 0 bridgehead atoms. The Hall–Kier alpha value is -1.87. The second kappa shape index (κ2) is 4.60. The van der Waals surface area contributed by atoms with Gasteiger partial charge in [0.05, 0.1) is 0 Å². The van der Waals surface area contributed by atoms with Crippen molar-refractivity contribution >= 4 is 5.82 Å². The molecule has 102 valence electrons. The van der Waals surface area contributed by atoms with E-state index in [2.05, 4.69) is 58.2 Å². The van der Waals surface area contributed by atoms with Crippen molar-refractivity contribution in [3.63, 3.8) is 0 Å². The largest absolute Gasteiger partial charge is 0.355 e. The maximum Gasteiger partial charge on any atom is 0.128 e. The summed E-state index contributed by atoms with van der Waals surface area (Å²) in [5, 5.41) is 0. The molecule has 3 heteroatoms. The molecule has 20 heavy (non-hydrogen) atoms. The highest BCUT2D eigenvalue weighted by Gasteiger charge is 2.43. The fourth-order valence-electron chi connectivity index (χ4n) is 3.46. The van der Waals surface area contributed by atoms with Crippen LogP contribution in [0.25, 0.3) is 11.1 Å². The van der Waals surface area contributed by atoms with Crippen molar-refractivity contribution in [3.8, 4) is 11.1 Å². The zero-order valence-corrected chi connectivity index (χ0v) is 11.7. The molecule has 2 aliphatic heterocycles. The minimum absolute atomic E-state index is 0.741. The molecule has 0 unspecified atom stereocenters. The smallest absolute Gasteiger partial charge is 0.128 e. The van der Waals surface area contributed by atoms with E-state index in [1.807, 2.05) is 12.3 Å². The maximum absolute atomic E-state index is 4.67. The van der Waals surface area contributed by atoms with Crippen LogP contribution in [-0.2, 0) is 0 Å². The number of hydrogen-bond donors (Lipinski definition) is 0. The van der Waals surface area contributed by atoms with Gasteiger partial charge in [-0.15, -0.1) is 0 Å². The predicted octanol–water partition coefficient (Wildman–Crippen LogP) is 2.50. The highest BCUT2D eigenvalue weighted by molar-refractivity contribution is 5.63. The van der Waals surface area contributed by atoms with E-state index >= 15 is 0 Å². The molecule has 2 fully saturated rings. The third-order valence-electron chi connectivity index (χ3n) is 4.67. The SMILES string of the molecule is CN1C[C@H]2CN(c3ccc(-c4ccccc4)cn3)C[C@H]21. The second-order valence-corrected chi connectivity index (χ2v) is 5.94. The number of rotatable bonds is 2. The van der Waals surface area contributed by atoms with Gasteiger partial charge in [-0.25, -0.2) is 4.98 Å². The molecule has 0 spiro atoms. The molecule has 0 N–H and O–H groups in total. The summed E-state index contributed by atoms with van der Waals surface area (Å²) in [6.45, 7) is 3.52. The van der Waals surface area contributed by atoms with Gasteiger partial charge < -0.3 is 9.80 Å². The van der Waals surface area contributed by atoms with Gasteiger partial charge in [-0.2, -0.15) is 0 Å². The second-order valence-electron chi connectivity index (χ2n) is 5.94. The number of pyridine rings is 1. The zero-order valence-electron chi connectivity index (χ0n) is 11.7. The first-order valence-electron chi connectivity index (χ1n) is 7.28. The normalized spacial score (nSPS) is 25.4. The summed E-state index contributed by atoms with van der Waals surface area (Å²) in [6, 6.07) is 15.5. The quantitative estimate of drug-likeness (QED) is 0.831. The molecule has 0 radical (unpaired) electrons. The molecule has 0 saturated carbocycles. The lowest BCUT2D eigenvalue weighted by Crippen LogP contribution is -2.52. The van der Waals surface area contributed by atoms with Gasteiger partial charge in [-0.05, 0) is 24.7 Å². The van der Waals surface area contributed by atoms with Gasteiger partial charge in [-0.3, -0.25) is 0 Å². The number of nitrogens with zero attached hydrogens (tertiary/aromatic N) is 3. The topological polar surface area (TPSA) is 19.4 Å². The lowest BCUT2D eigenvalue weighted by molar-refractivity contribution is 0.0827. The van der Waals surface area contributed by atoms with E-state index in [0.717, 1.165) is 30.9 Å². The van der Waals surface area contributed by atoms with Crippen LogP contribution in [0.5, 0.6) is 0 Å². The summed E-state index contributed by atoms with van der Waals surface area (Å²) in [4.78, 5) is 9.54. The fourth-order valence-corrected chi connectivity index (χ4v) is 3.46. The third kappa shape index (κ3) is 1.90. The predicted molar refractivity (Wildman–Crippen MR) is 81.8 cm³/mol. The molecule has 3 nitrogen and oxygen atoms in total. The van der Waals surface area contributed by atoms with E-state index in [1.54, 1.807) is 0 Å². The van der Waals surface area contributed by atoms with Crippen LogP contribution < -0.4 is 4.90 Å². The summed E-state index contributed by atoms with van der Waals surface area (Å²) >= 11 is 0. The van der Waals surface area contributed by atoms with Gasteiger partial charge in [0.1, 0.15) is 5.82 Å². The Morgan fingerprint density at radius 1 is 0.950 bits per heavy atom. The molecule has 2 saturated heterocycles. The van der Waals surface area contributed by atoms with Crippen LogP contribution in [0.15, 0.2) is 48.7 Å². The van der Waals surface area contributed by atoms with Gasteiger partial charge in [0.2, 0.25) is 0 Å². The first kappa shape index (κ1) is 11.9. The molecule has 1 aromatic heterocycles. The minimum atomic E-state index is 0.741. The lowest BCUT2D eigenvalue weighted by atomic mass is 9.93. The molecule has 0 amide bonds. The Kier molecular flexibility index (Phi) is 2.74. The van der Waals surface area contributed by atoms with Crippen LogP contribution in [-0.4, -0.2) is 42.6 Å².